The molecule has 0 atom stereocenters. The van der Waals surface area contributed by atoms with Gasteiger partial charge >= 0.3 is 0 Å². The molecule has 0 aliphatic carbocycles. The first kappa shape index (κ1) is 13.4. The van der Waals surface area contributed by atoms with Crippen LogP contribution in [0.1, 0.15) is 18.1 Å². The molecule has 3 aromatic rings. The lowest BCUT2D eigenvalue weighted by Gasteiger charge is -2.05. The molecular weight excluding hydrogens is 256 g/mol. The van der Waals surface area contributed by atoms with Gasteiger partial charge in [-0.25, -0.2) is 0 Å². The van der Waals surface area contributed by atoms with E-state index >= 15 is 0 Å². The number of rotatable bonds is 3. The van der Waals surface area contributed by atoms with Crippen molar-refractivity contribution in [1.82, 2.24) is 0 Å². The minimum Gasteiger partial charge on any atom is -0.497 e. The van der Waals surface area contributed by atoms with Crippen LogP contribution in [0.5, 0.6) is 5.75 Å². The quantitative estimate of drug-likeness (QED) is 0.580. The summed E-state index contributed by atoms with van der Waals surface area (Å²) in [5.74, 6) is 0.886. The van der Waals surface area contributed by atoms with Crippen molar-refractivity contribution >= 4 is 22.4 Å². The highest BCUT2D eigenvalue weighted by molar-refractivity contribution is 5.88. The Kier molecular flexibility index (Phi) is 3.74. The first-order valence-electron chi connectivity index (χ1n) is 7.08. The average Bonchev–Trinajstić information content (AvgIpc) is 2.55. The fourth-order valence-electron chi connectivity index (χ4n) is 2.48. The Morgan fingerprint density at radius 1 is 0.857 bits per heavy atom. The van der Waals surface area contributed by atoms with E-state index in [9.17, 15) is 0 Å². The molecule has 21 heavy (non-hydrogen) atoms. The standard InChI is InChI=1S/C20H18O/c1-15(17-9-11-20(21-2)12-10-17)13-16-7-8-18-5-3-4-6-19(18)14-16/h3-14H,1-2H3/b15-13+. The van der Waals surface area contributed by atoms with Gasteiger partial charge in [-0.15, -0.1) is 0 Å². The van der Waals surface area contributed by atoms with Gasteiger partial charge in [-0.05, 0) is 52.6 Å². The number of allylic oxidation sites excluding steroid dienone is 1. The summed E-state index contributed by atoms with van der Waals surface area (Å²) in [5, 5.41) is 2.55. The van der Waals surface area contributed by atoms with Gasteiger partial charge < -0.3 is 4.74 Å². The van der Waals surface area contributed by atoms with Crippen LogP contribution in [0.15, 0.2) is 66.7 Å². The first-order valence-corrected chi connectivity index (χ1v) is 7.08. The van der Waals surface area contributed by atoms with Crippen LogP contribution in [-0.2, 0) is 0 Å². The van der Waals surface area contributed by atoms with Gasteiger partial charge in [0.25, 0.3) is 0 Å². The number of ether oxygens (including phenoxy) is 1. The molecule has 0 bridgehead atoms. The molecule has 0 saturated carbocycles. The van der Waals surface area contributed by atoms with Crippen molar-refractivity contribution in [3.05, 3.63) is 77.9 Å². The lowest BCUT2D eigenvalue weighted by molar-refractivity contribution is 0.415. The number of hydrogen-bond donors (Lipinski definition) is 0. The third-order valence-corrected chi connectivity index (χ3v) is 3.70. The van der Waals surface area contributed by atoms with Crippen LogP contribution in [0.3, 0.4) is 0 Å². The van der Waals surface area contributed by atoms with Crippen LogP contribution < -0.4 is 4.74 Å². The third kappa shape index (κ3) is 2.97. The second-order valence-corrected chi connectivity index (χ2v) is 5.16. The second-order valence-electron chi connectivity index (χ2n) is 5.16. The van der Waals surface area contributed by atoms with E-state index in [1.54, 1.807) is 7.11 Å². The molecule has 1 nitrogen and oxygen atoms in total. The van der Waals surface area contributed by atoms with Gasteiger partial charge in [0, 0.05) is 0 Å². The van der Waals surface area contributed by atoms with Crippen LogP contribution in [0.4, 0.5) is 0 Å². The Morgan fingerprint density at radius 2 is 1.57 bits per heavy atom. The lowest BCUT2D eigenvalue weighted by atomic mass is 10.0. The lowest BCUT2D eigenvalue weighted by Crippen LogP contribution is -1.84. The van der Waals surface area contributed by atoms with Crippen molar-refractivity contribution in [1.29, 1.82) is 0 Å². The van der Waals surface area contributed by atoms with Gasteiger partial charge in [-0.1, -0.05) is 54.6 Å². The van der Waals surface area contributed by atoms with Gasteiger partial charge in [0.15, 0.2) is 0 Å². The van der Waals surface area contributed by atoms with E-state index in [4.69, 9.17) is 4.74 Å². The summed E-state index contributed by atoms with van der Waals surface area (Å²) in [5.41, 5.74) is 3.68. The molecule has 0 radical (unpaired) electrons. The summed E-state index contributed by atoms with van der Waals surface area (Å²) in [7, 11) is 1.69. The van der Waals surface area contributed by atoms with Crippen molar-refractivity contribution in [2.75, 3.05) is 7.11 Å². The SMILES string of the molecule is COc1ccc(/C(C)=C/c2ccc3ccccc3c2)cc1. The highest BCUT2D eigenvalue weighted by atomic mass is 16.5. The molecule has 0 aliphatic heterocycles. The van der Waals surface area contributed by atoms with E-state index in [0.29, 0.717) is 0 Å². The van der Waals surface area contributed by atoms with E-state index in [-0.39, 0.29) is 0 Å². The minimum atomic E-state index is 0.886. The fourth-order valence-corrected chi connectivity index (χ4v) is 2.48. The van der Waals surface area contributed by atoms with Gasteiger partial charge in [0.1, 0.15) is 5.75 Å². The second kappa shape index (κ2) is 5.84. The molecule has 1 heteroatoms. The van der Waals surface area contributed by atoms with Crippen molar-refractivity contribution in [3.63, 3.8) is 0 Å². The molecule has 0 aliphatic rings. The molecule has 0 fully saturated rings. The minimum absolute atomic E-state index is 0.886. The summed E-state index contributed by atoms with van der Waals surface area (Å²) in [6, 6.07) is 23.2. The van der Waals surface area contributed by atoms with Gasteiger partial charge in [0.05, 0.1) is 7.11 Å². The molecule has 0 spiro atoms. The van der Waals surface area contributed by atoms with E-state index < -0.39 is 0 Å². The van der Waals surface area contributed by atoms with Gasteiger partial charge in [0.2, 0.25) is 0 Å². The highest BCUT2D eigenvalue weighted by Gasteiger charge is 1.99. The summed E-state index contributed by atoms with van der Waals surface area (Å²) in [4.78, 5) is 0. The monoisotopic (exact) mass is 274 g/mol. The highest BCUT2D eigenvalue weighted by Crippen LogP contribution is 2.22. The maximum Gasteiger partial charge on any atom is 0.118 e. The molecular formula is C20H18O. The van der Waals surface area contributed by atoms with E-state index in [0.717, 1.165) is 5.75 Å². The molecule has 104 valence electrons. The Balaban J connectivity index is 1.94. The Labute approximate surface area is 125 Å². The molecule has 0 N–H and O–H groups in total. The first-order chi connectivity index (χ1) is 10.3. The zero-order valence-electron chi connectivity index (χ0n) is 12.3. The zero-order chi connectivity index (χ0) is 14.7. The third-order valence-electron chi connectivity index (χ3n) is 3.70. The maximum absolute atomic E-state index is 5.20. The topological polar surface area (TPSA) is 9.23 Å². The summed E-state index contributed by atoms with van der Waals surface area (Å²) >= 11 is 0. The number of fused-ring (bicyclic) bond motifs is 1. The average molecular weight is 274 g/mol. The Bertz CT molecular complexity index is 782. The van der Waals surface area contributed by atoms with Crippen molar-refractivity contribution in [2.24, 2.45) is 0 Å². The smallest absolute Gasteiger partial charge is 0.118 e. The molecule has 0 amide bonds. The molecule has 3 aromatic carbocycles. The largest absolute Gasteiger partial charge is 0.497 e. The maximum atomic E-state index is 5.20. The molecule has 0 aromatic heterocycles. The number of benzene rings is 3. The fraction of sp³-hybridized carbons (Fsp3) is 0.100. The Morgan fingerprint density at radius 3 is 2.29 bits per heavy atom. The van der Waals surface area contributed by atoms with Gasteiger partial charge in [-0.2, -0.15) is 0 Å². The van der Waals surface area contributed by atoms with Crippen molar-refractivity contribution < 1.29 is 4.74 Å². The normalized spacial score (nSPS) is 11.6. The molecule has 0 heterocycles. The molecule has 0 saturated heterocycles. The predicted octanol–water partition coefficient (Wildman–Crippen LogP) is 5.41. The summed E-state index contributed by atoms with van der Waals surface area (Å²) in [6.45, 7) is 2.14. The number of methoxy groups -OCH3 is 1. The number of hydrogen-bond acceptors (Lipinski definition) is 1. The van der Waals surface area contributed by atoms with E-state index in [2.05, 4.69) is 67.6 Å². The molecule has 3 rings (SSSR count). The zero-order valence-corrected chi connectivity index (χ0v) is 12.3. The van der Waals surface area contributed by atoms with Crippen LogP contribution in [0.25, 0.3) is 22.4 Å². The summed E-state index contributed by atoms with van der Waals surface area (Å²) in [6.07, 6.45) is 2.22. The van der Waals surface area contributed by atoms with Gasteiger partial charge in [-0.3, -0.25) is 0 Å². The van der Waals surface area contributed by atoms with Crippen LogP contribution in [-0.4, -0.2) is 7.11 Å². The summed E-state index contributed by atoms with van der Waals surface area (Å²) < 4.78 is 5.20. The van der Waals surface area contributed by atoms with E-state index in [1.165, 1.54) is 27.5 Å². The predicted molar refractivity (Wildman–Crippen MR) is 90.5 cm³/mol. The van der Waals surface area contributed by atoms with E-state index in [1.807, 2.05) is 12.1 Å². The van der Waals surface area contributed by atoms with Crippen molar-refractivity contribution in [2.45, 2.75) is 6.92 Å². The van der Waals surface area contributed by atoms with Crippen LogP contribution >= 0.6 is 0 Å². The Hall–Kier alpha value is -2.54. The van der Waals surface area contributed by atoms with Crippen molar-refractivity contribution in [3.8, 4) is 5.75 Å². The molecule has 0 unspecified atom stereocenters. The van der Waals surface area contributed by atoms with Crippen LogP contribution in [0, 0.1) is 0 Å². The van der Waals surface area contributed by atoms with Crippen LogP contribution in [0.2, 0.25) is 0 Å².